The van der Waals surface area contributed by atoms with Gasteiger partial charge in [-0.1, -0.05) is 60.7 Å². The minimum absolute atomic E-state index is 0. The van der Waals surface area contributed by atoms with E-state index < -0.39 is 23.7 Å². The molecule has 0 amide bonds. The first-order valence-corrected chi connectivity index (χ1v) is 13.4. The summed E-state index contributed by atoms with van der Waals surface area (Å²) in [5, 5.41) is 4.31. The molecule has 0 saturated carbocycles. The maximum atomic E-state index is 10.2. The Labute approximate surface area is 239 Å². The molecule has 1 unspecified atom stereocenters. The Morgan fingerprint density at radius 2 is 1.05 bits per heavy atom. The summed E-state index contributed by atoms with van der Waals surface area (Å²) < 4.78 is 34.6. The largest absolute Gasteiger partial charge is 0.214 e. The number of rotatable bonds is 5. The van der Waals surface area contributed by atoms with Crippen molar-refractivity contribution < 1.29 is 39.1 Å². The number of hydrogen-bond acceptors (Lipinski definition) is 2. The van der Waals surface area contributed by atoms with E-state index in [1.165, 1.54) is 22.0 Å². The monoisotopic (exact) mass is 615 g/mol. The second kappa shape index (κ2) is 22.6. The molecule has 0 saturated heterocycles. The molecule has 0 spiro atoms. The maximum Gasteiger partial charge on any atom is 0.102 e. The van der Waals surface area contributed by atoms with E-state index in [-0.39, 0.29) is 21.1 Å². The normalized spacial score (nSPS) is 9.95. The molecule has 192 valence electrons. The Kier molecular flexibility index (Phi) is 22.4. The number of hydrogen-bond donors (Lipinski definition) is 0. The van der Waals surface area contributed by atoms with Gasteiger partial charge in [-0.05, 0) is 61.3 Å². The first-order chi connectivity index (χ1) is 17.5. The van der Waals surface area contributed by atoms with E-state index in [1.54, 1.807) is 13.8 Å². The van der Waals surface area contributed by atoms with Crippen molar-refractivity contribution in [1.82, 2.24) is 0 Å². The molecule has 4 aromatic carbocycles. The van der Waals surface area contributed by atoms with Crippen LogP contribution in [-0.2, 0) is 41.5 Å². The van der Waals surface area contributed by atoms with Gasteiger partial charge in [0.2, 0.25) is 0 Å². The molecule has 0 fully saturated rings. The van der Waals surface area contributed by atoms with Crippen molar-refractivity contribution in [3.8, 4) is 0 Å². The zero-order valence-electron chi connectivity index (χ0n) is 20.8. The Bertz CT molecular complexity index is 1010. The summed E-state index contributed by atoms with van der Waals surface area (Å²) in [6.07, 6.45) is 1.40. The van der Waals surface area contributed by atoms with Crippen LogP contribution in [0.4, 0.5) is 0 Å². The third-order valence-corrected chi connectivity index (χ3v) is 8.42. The molecule has 1 atom stereocenters. The third-order valence-electron chi connectivity index (χ3n) is 4.66. The molecule has 0 aliphatic rings. The molecule has 4 aromatic rings. The van der Waals surface area contributed by atoms with E-state index in [9.17, 15) is 8.76 Å². The molecule has 0 heterocycles. The molecule has 0 N–H and O–H groups in total. The van der Waals surface area contributed by atoms with Gasteiger partial charge in [-0.3, -0.25) is 4.21 Å². The Morgan fingerprint density at radius 1 is 0.757 bits per heavy atom. The van der Waals surface area contributed by atoms with Gasteiger partial charge in [0.15, 0.2) is 0 Å². The molecule has 0 aliphatic heterocycles. The summed E-state index contributed by atoms with van der Waals surface area (Å²) in [7, 11) is -0.877. The molecular formula is C30H30MoO4PS-. The fraction of sp³-hybridized carbons (Fsp3) is 0.100. The van der Waals surface area contributed by atoms with Crippen LogP contribution in [0.15, 0.2) is 134 Å². The van der Waals surface area contributed by atoms with E-state index in [2.05, 4.69) is 111 Å². The van der Waals surface area contributed by atoms with E-state index in [4.69, 9.17) is 9.30 Å². The molecule has 0 bridgehead atoms. The zero-order chi connectivity index (χ0) is 27.2. The summed E-state index contributed by atoms with van der Waals surface area (Å²) in [6.45, 7) is 15.5. The smallest absolute Gasteiger partial charge is 0.102 e. The van der Waals surface area contributed by atoms with Crippen LogP contribution < -0.4 is 15.9 Å². The summed E-state index contributed by atoms with van der Waals surface area (Å²) in [4.78, 5) is 0. The zero-order valence-corrected chi connectivity index (χ0v) is 24.6. The first-order valence-electron chi connectivity index (χ1n) is 10.8. The van der Waals surface area contributed by atoms with Gasteiger partial charge >= 0.3 is 22.6 Å². The van der Waals surface area contributed by atoms with Crippen molar-refractivity contribution >= 4 is 34.9 Å². The van der Waals surface area contributed by atoms with Crippen molar-refractivity contribution in [2.45, 2.75) is 18.6 Å². The summed E-state index contributed by atoms with van der Waals surface area (Å²) in [5.41, 5.74) is 0. The molecule has 4 rings (SSSR count). The topological polar surface area (TPSA) is 79.9 Å². The van der Waals surface area contributed by atoms with Crippen LogP contribution in [0.5, 0.6) is 0 Å². The van der Waals surface area contributed by atoms with E-state index in [0.29, 0.717) is 0 Å². The van der Waals surface area contributed by atoms with Crippen molar-refractivity contribution in [3.63, 3.8) is 0 Å². The van der Waals surface area contributed by atoms with Gasteiger partial charge < -0.3 is 4.55 Å². The molecule has 0 aromatic heterocycles. The van der Waals surface area contributed by atoms with Gasteiger partial charge in [0, 0.05) is 25.8 Å². The molecule has 37 heavy (non-hydrogen) atoms. The minimum atomic E-state index is -2.04. The van der Waals surface area contributed by atoms with Gasteiger partial charge in [0.05, 0.1) is 7.92 Å². The predicted molar refractivity (Wildman–Crippen MR) is 150 cm³/mol. The SMILES string of the molecule is C=CC(C)(C)S(=O)[O-].[C-]#[O+].[C-]#[O+].[Mo].c1cc[cH-]c1.c1ccc([PH+](c2ccccc2)c2ccccc2)cc1. The van der Waals surface area contributed by atoms with Crippen molar-refractivity contribution in [3.05, 3.63) is 147 Å². The Hall–Kier alpha value is -2.54. The molecule has 4 nitrogen and oxygen atoms in total. The van der Waals surface area contributed by atoms with Crippen LogP contribution in [0.2, 0.25) is 0 Å². The fourth-order valence-corrected chi connectivity index (χ4v) is 5.42. The van der Waals surface area contributed by atoms with Gasteiger partial charge in [-0.2, -0.15) is 18.2 Å². The van der Waals surface area contributed by atoms with Gasteiger partial charge in [0.1, 0.15) is 15.9 Å². The Morgan fingerprint density at radius 3 is 1.22 bits per heavy atom. The van der Waals surface area contributed by atoms with Crippen LogP contribution in [0.1, 0.15) is 13.8 Å². The van der Waals surface area contributed by atoms with E-state index in [0.717, 1.165) is 0 Å². The molecule has 0 aliphatic carbocycles. The number of benzene rings is 3. The fourth-order valence-electron chi connectivity index (χ4n) is 2.70. The van der Waals surface area contributed by atoms with Gasteiger partial charge in [-0.15, -0.1) is 6.58 Å². The van der Waals surface area contributed by atoms with Crippen molar-refractivity contribution in [2.75, 3.05) is 0 Å². The predicted octanol–water partition coefficient (Wildman–Crippen LogP) is 5.34. The molecule has 7 heteroatoms. The van der Waals surface area contributed by atoms with E-state index >= 15 is 0 Å². The first kappa shape index (κ1) is 36.6. The average Bonchev–Trinajstić information content (AvgIpc) is 3.54. The van der Waals surface area contributed by atoms with Crippen molar-refractivity contribution in [1.29, 1.82) is 0 Å². The van der Waals surface area contributed by atoms with Crippen LogP contribution >= 0.6 is 7.92 Å². The second-order valence-corrected chi connectivity index (χ2v) is 11.5. The van der Waals surface area contributed by atoms with Crippen LogP contribution in [-0.4, -0.2) is 13.5 Å². The van der Waals surface area contributed by atoms with Crippen LogP contribution in [0.25, 0.3) is 0 Å². The molecule has 0 radical (unpaired) electrons. The van der Waals surface area contributed by atoms with Crippen LogP contribution in [0, 0.1) is 13.3 Å². The van der Waals surface area contributed by atoms with Gasteiger partial charge in [-0.25, -0.2) is 12.1 Å². The average molecular weight is 614 g/mol. The molecular weight excluding hydrogens is 583 g/mol. The van der Waals surface area contributed by atoms with E-state index in [1.807, 2.05) is 30.3 Å². The summed E-state index contributed by atoms with van der Waals surface area (Å²) in [5.74, 6) is 0. The third kappa shape index (κ3) is 14.7. The second-order valence-electron chi connectivity index (χ2n) is 7.48. The minimum Gasteiger partial charge on any atom is -0.214 e. The van der Waals surface area contributed by atoms with Crippen molar-refractivity contribution in [2.24, 2.45) is 0 Å². The Balaban J connectivity index is 0. The van der Waals surface area contributed by atoms with Crippen LogP contribution in [0.3, 0.4) is 0 Å². The summed E-state index contributed by atoms with van der Waals surface area (Å²) in [6, 6.07) is 42.5. The standard InChI is InChI=1S/C18H15P.C5H10O2S.C5H5.2CO.Mo/c1-4-10-16(11-5-1)19(17-12-6-2-7-13-17)18-14-8-3-9-15-18;1-4-5(2,3)8(6)7;1-2-4-5-3-1;2*1-2;/h1-15H;4H,1H2,2-3H3,(H,6,7);1-5H;;;/q;;-1;;;. The quantitative estimate of drug-likeness (QED) is 0.0762. The van der Waals surface area contributed by atoms with Gasteiger partial charge in [0.25, 0.3) is 0 Å². The maximum absolute atomic E-state index is 10.2. The summed E-state index contributed by atoms with van der Waals surface area (Å²) >= 11 is -2.04.